The Labute approximate surface area is 123 Å². The number of hydrogen-bond acceptors (Lipinski definition) is 3. The molecule has 6 nitrogen and oxygen atoms in total. The molecule has 0 aliphatic carbocycles. The molecule has 3 rings (SSSR count). The highest BCUT2D eigenvalue weighted by Crippen LogP contribution is 2.22. The number of hydrogen-bond donors (Lipinski definition) is 3. The zero-order chi connectivity index (χ0) is 14.7. The number of piperidine rings is 1. The van der Waals surface area contributed by atoms with Gasteiger partial charge in [0, 0.05) is 17.8 Å². The summed E-state index contributed by atoms with van der Waals surface area (Å²) in [6.07, 6.45) is 6.69. The predicted molar refractivity (Wildman–Crippen MR) is 81.5 cm³/mol. The predicted octanol–water partition coefficient (Wildman–Crippen LogP) is 1.95. The van der Waals surface area contributed by atoms with Crippen LogP contribution in [-0.2, 0) is 6.42 Å². The average Bonchev–Trinajstić information content (AvgIpc) is 3.16. The Morgan fingerprint density at radius 1 is 1.48 bits per heavy atom. The summed E-state index contributed by atoms with van der Waals surface area (Å²) in [5, 5.41) is 13.1. The highest BCUT2D eigenvalue weighted by Gasteiger charge is 2.20. The second-order valence-corrected chi connectivity index (χ2v) is 5.36. The fourth-order valence-corrected chi connectivity index (χ4v) is 2.85. The summed E-state index contributed by atoms with van der Waals surface area (Å²) in [5.41, 5.74) is 1.72. The minimum atomic E-state index is -0.0857. The Balaban J connectivity index is 1.77. The molecule has 1 aliphatic rings. The van der Waals surface area contributed by atoms with Crippen molar-refractivity contribution in [1.29, 1.82) is 0 Å². The standard InChI is InChI=1S/C15H21N5O/c1-2-11-10-17-19-14(11)18-15(21)13-4-3-9-20(13)12-5-7-16-8-6-12/h3-4,9-10,12,16H,2,5-8H2,1H3,(H2,17,18,19,21). The van der Waals surface area contributed by atoms with Gasteiger partial charge >= 0.3 is 0 Å². The average molecular weight is 287 g/mol. The Hall–Kier alpha value is -2.08. The molecule has 0 spiro atoms. The van der Waals surface area contributed by atoms with Crippen molar-refractivity contribution in [2.45, 2.75) is 32.2 Å². The van der Waals surface area contributed by atoms with Crippen LogP contribution >= 0.6 is 0 Å². The van der Waals surface area contributed by atoms with Gasteiger partial charge in [-0.2, -0.15) is 5.10 Å². The SMILES string of the molecule is CCc1cn[nH]c1NC(=O)c1cccn1C1CCNCC1. The van der Waals surface area contributed by atoms with Gasteiger partial charge in [0.15, 0.2) is 0 Å². The first-order valence-electron chi connectivity index (χ1n) is 7.50. The van der Waals surface area contributed by atoms with Gasteiger partial charge in [-0.25, -0.2) is 0 Å². The van der Waals surface area contributed by atoms with Crippen molar-refractivity contribution < 1.29 is 4.79 Å². The summed E-state index contributed by atoms with van der Waals surface area (Å²) in [7, 11) is 0. The molecular formula is C15H21N5O. The first-order chi connectivity index (χ1) is 10.3. The van der Waals surface area contributed by atoms with E-state index in [-0.39, 0.29) is 5.91 Å². The van der Waals surface area contributed by atoms with Crippen LogP contribution < -0.4 is 10.6 Å². The first kappa shape index (κ1) is 13.9. The third-order valence-corrected chi connectivity index (χ3v) is 4.05. The van der Waals surface area contributed by atoms with Gasteiger partial charge < -0.3 is 15.2 Å². The highest BCUT2D eigenvalue weighted by atomic mass is 16.2. The van der Waals surface area contributed by atoms with Gasteiger partial charge in [0.2, 0.25) is 0 Å². The van der Waals surface area contributed by atoms with Crippen LogP contribution in [0.15, 0.2) is 24.5 Å². The number of anilines is 1. The number of aromatic amines is 1. The molecule has 3 heterocycles. The molecule has 112 valence electrons. The molecule has 2 aromatic heterocycles. The smallest absolute Gasteiger partial charge is 0.273 e. The summed E-state index contributed by atoms with van der Waals surface area (Å²) in [4.78, 5) is 12.5. The van der Waals surface area contributed by atoms with E-state index in [1.165, 1.54) is 0 Å². The lowest BCUT2D eigenvalue weighted by Crippen LogP contribution is -2.31. The third-order valence-electron chi connectivity index (χ3n) is 4.05. The molecule has 0 bridgehead atoms. The zero-order valence-electron chi connectivity index (χ0n) is 12.2. The van der Waals surface area contributed by atoms with E-state index in [1.807, 2.05) is 25.3 Å². The number of nitrogens with one attached hydrogen (secondary N) is 3. The quantitative estimate of drug-likeness (QED) is 0.804. The maximum atomic E-state index is 12.5. The minimum Gasteiger partial charge on any atom is -0.340 e. The molecule has 0 radical (unpaired) electrons. The van der Waals surface area contributed by atoms with E-state index in [0.717, 1.165) is 37.9 Å². The Morgan fingerprint density at radius 2 is 2.29 bits per heavy atom. The molecule has 0 unspecified atom stereocenters. The second-order valence-electron chi connectivity index (χ2n) is 5.36. The largest absolute Gasteiger partial charge is 0.340 e. The van der Waals surface area contributed by atoms with E-state index in [0.29, 0.717) is 17.6 Å². The van der Waals surface area contributed by atoms with Gasteiger partial charge in [-0.1, -0.05) is 6.92 Å². The van der Waals surface area contributed by atoms with Gasteiger partial charge in [0.25, 0.3) is 5.91 Å². The molecule has 1 fully saturated rings. The second kappa shape index (κ2) is 6.13. The number of carbonyl (C=O) groups excluding carboxylic acids is 1. The van der Waals surface area contributed by atoms with Crippen LogP contribution in [-0.4, -0.2) is 33.8 Å². The summed E-state index contributed by atoms with van der Waals surface area (Å²) >= 11 is 0. The lowest BCUT2D eigenvalue weighted by Gasteiger charge is -2.25. The van der Waals surface area contributed by atoms with Gasteiger partial charge in [-0.15, -0.1) is 0 Å². The Morgan fingerprint density at radius 3 is 3.05 bits per heavy atom. The van der Waals surface area contributed by atoms with Crippen LogP contribution in [0.2, 0.25) is 0 Å². The van der Waals surface area contributed by atoms with Crippen LogP contribution in [0, 0.1) is 0 Å². The molecule has 0 saturated carbocycles. The molecule has 1 aliphatic heterocycles. The topological polar surface area (TPSA) is 74.7 Å². The van der Waals surface area contributed by atoms with Crippen molar-refractivity contribution in [2.24, 2.45) is 0 Å². The lowest BCUT2D eigenvalue weighted by molar-refractivity contribution is 0.101. The molecule has 0 aromatic carbocycles. The Bertz CT molecular complexity index is 609. The van der Waals surface area contributed by atoms with Crippen LogP contribution in [0.3, 0.4) is 0 Å². The van der Waals surface area contributed by atoms with Gasteiger partial charge in [-0.3, -0.25) is 9.89 Å². The van der Waals surface area contributed by atoms with Crippen LogP contribution in [0.25, 0.3) is 0 Å². The van der Waals surface area contributed by atoms with Crippen molar-refractivity contribution >= 4 is 11.7 Å². The van der Waals surface area contributed by atoms with E-state index in [9.17, 15) is 4.79 Å². The number of amides is 1. The van der Waals surface area contributed by atoms with E-state index in [4.69, 9.17) is 0 Å². The summed E-state index contributed by atoms with van der Waals surface area (Å²) in [6.45, 7) is 4.05. The molecule has 0 atom stereocenters. The van der Waals surface area contributed by atoms with E-state index in [2.05, 4.69) is 25.4 Å². The summed E-state index contributed by atoms with van der Waals surface area (Å²) in [5.74, 6) is 0.609. The van der Waals surface area contributed by atoms with Gasteiger partial charge in [0.05, 0.1) is 6.20 Å². The zero-order valence-corrected chi connectivity index (χ0v) is 12.2. The lowest BCUT2D eigenvalue weighted by atomic mass is 10.1. The number of aromatic nitrogens is 3. The van der Waals surface area contributed by atoms with Crippen molar-refractivity contribution in [3.8, 4) is 0 Å². The molecule has 21 heavy (non-hydrogen) atoms. The fourth-order valence-electron chi connectivity index (χ4n) is 2.85. The highest BCUT2D eigenvalue weighted by molar-refractivity contribution is 6.03. The maximum absolute atomic E-state index is 12.5. The molecule has 2 aromatic rings. The third kappa shape index (κ3) is 2.85. The van der Waals surface area contributed by atoms with E-state index >= 15 is 0 Å². The minimum absolute atomic E-state index is 0.0857. The number of H-pyrrole nitrogens is 1. The normalized spacial score (nSPS) is 16.0. The molecule has 3 N–H and O–H groups in total. The van der Waals surface area contributed by atoms with Crippen LogP contribution in [0.1, 0.15) is 41.9 Å². The van der Waals surface area contributed by atoms with Crippen molar-refractivity contribution in [3.05, 3.63) is 35.8 Å². The van der Waals surface area contributed by atoms with Crippen LogP contribution in [0.4, 0.5) is 5.82 Å². The molecular weight excluding hydrogens is 266 g/mol. The van der Waals surface area contributed by atoms with Crippen LogP contribution in [0.5, 0.6) is 0 Å². The number of carbonyl (C=O) groups is 1. The van der Waals surface area contributed by atoms with Crippen molar-refractivity contribution in [1.82, 2.24) is 20.1 Å². The number of aryl methyl sites for hydroxylation is 1. The molecule has 6 heteroatoms. The monoisotopic (exact) mass is 287 g/mol. The van der Waals surface area contributed by atoms with Gasteiger partial charge in [0.1, 0.15) is 11.5 Å². The summed E-state index contributed by atoms with van der Waals surface area (Å²) in [6, 6.07) is 4.21. The van der Waals surface area contributed by atoms with Crippen molar-refractivity contribution in [2.75, 3.05) is 18.4 Å². The summed E-state index contributed by atoms with van der Waals surface area (Å²) < 4.78 is 2.10. The number of nitrogens with zero attached hydrogens (tertiary/aromatic N) is 2. The van der Waals surface area contributed by atoms with E-state index < -0.39 is 0 Å². The van der Waals surface area contributed by atoms with E-state index in [1.54, 1.807) is 6.20 Å². The Kier molecular flexibility index (Phi) is 4.06. The van der Waals surface area contributed by atoms with Crippen molar-refractivity contribution in [3.63, 3.8) is 0 Å². The molecule has 1 amide bonds. The number of rotatable bonds is 4. The first-order valence-corrected chi connectivity index (χ1v) is 7.50. The molecule has 1 saturated heterocycles. The maximum Gasteiger partial charge on any atom is 0.273 e. The van der Waals surface area contributed by atoms with Gasteiger partial charge in [-0.05, 0) is 44.5 Å². The fraction of sp³-hybridized carbons (Fsp3) is 0.467.